The summed E-state index contributed by atoms with van der Waals surface area (Å²) in [6.45, 7) is 1.69. The second-order valence-corrected chi connectivity index (χ2v) is 8.38. The zero-order chi connectivity index (χ0) is 26.4. The Morgan fingerprint density at radius 3 is 2.24 bits per heavy atom. The Morgan fingerprint density at radius 2 is 1.59 bits per heavy atom. The molecule has 37 heavy (non-hydrogen) atoms. The van der Waals surface area contributed by atoms with Gasteiger partial charge < -0.3 is 10.2 Å². The largest absolute Gasteiger partial charge is 0.416 e. The quantitative estimate of drug-likeness (QED) is 0.316. The average Bonchev–Trinajstić information content (AvgIpc) is 3.32. The van der Waals surface area contributed by atoms with E-state index in [-0.39, 0.29) is 18.7 Å². The van der Waals surface area contributed by atoms with Crippen LogP contribution in [0.2, 0.25) is 0 Å². The smallest absolute Gasteiger partial charge is 0.329 e. The molecule has 4 rings (SSSR count). The summed E-state index contributed by atoms with van der Waals surface area (Å²) in [5, 5.41) is 7.47. The van der Waals surface area contributed by atoms with E-state index >= 15 is 0 Å². The summed E-state index contributed by atoms with van der Waals surface area (Å²) in [6, 6.07) is 24.7. The van der Waals surface area contributed by atoms with Crippen LogP contribution in [-0.2, 0) is 11.0 Å². The maximum Gasteiger partial charge on any atom is 0.416 e. The van der Waals surface area contributed by atoms with Crippen molar-refractivity contribution >= 4 is 17.6 Å². The molecule has 0 radical (unpaired) electrons. The molecule has 0 saturated carbocycles. The molecule has 1 heterocycles. The van der Waals surface area contributed by atoms with Crippen molar-refractivity contribution in [2.45, 2.75) is 19.5 Å². The van der Waals surface area contributed by atoms with E-state index in [1.165, 1.54) is 17.0 Å². The van der Waals surface area contributed by atoms with E-state index in [1.807, 2.05) is 67.6 Å². The van der Waals surface area contributed by atoms with Crippen molar-refractivity contribution in [3.63, 3.8) is 0 Å². The molecule has 9 heteroatoms. The van der Waals surface area contributed by atoms with E-state index in [4.69, 9.17) is 0 Å². The zero-order valence-corrected chi connectivity index (χ0v) is 20.1. The molecule has 1 aromatic heterocycles. The number of benzene rings is 3. The van der Waals surface area contributed by atoms with Crippen LogP contribution in [0.1, 0.15) is 29.3 Å². The van der Waals surface area contributed by atoms with Gasteiger partial charge in [-0.15, -0.1) is 0 Å². The summed E-state index contributed by atoms with van der Waals surface area (Å²) in [4.78, 5) is 27.3. The van der Waals surface area contributed by atoms with Crippen molar-refractivity contribution in [2.24, 2.45) is 0 Å². The van der Waals surface area contributed by atoms with E-state index in [9.17, 15) is 22.8 Å². The van der Waals surface area contributed by atoms with Crippen molar-refractivity contribution < 1.29 is 22.8 Å². The first-order valence-electron chi connectivity index (χ1n) is 11.7. The number of hydrogen-bond donors (Lipinski definition) is 1. The Hall–Kier alpha value is -4.40. The summed E-state index contributed by atoms with van der Waals surface area (Å²) >= 11 is 0. The lowest BCUT2D eigenvalue weighted by atomic mass is 10.1. The van der Waals surface area contributed by atoms with Crippen LogP contribution in [0.3, 0.4) is 0 Å². The van der Waals surface area contributed by atoms with Gasteiger partial charge in [0.25, 0.3) is 5.91 Å². The number of hydrogen-bond acceptors (Lipinski definition) is 3. The normalized spacial score (nSPS) is 11.2. The number of halogens is 3. The van der Waals surface area contributed by atoms with Gasteiger partial charge >= 0.3 is 6.18 Å². The molecular weight excluding hydrogens is 481 g/mol. The third-order valence-electron chi connectivity index (χ3n) is 5.60. The van der Waals surface area contributed by atoms with Crippen LogP contribution in [0.5, 0.6) is 0 Å². The van der Waals surface area contributed by atoms with Crippen molar-refractivity contribution in [1.29, 1.82) is 0 Å². The van der Waals surface area contributed by atoms with Gasteiger partial charge in [0.2, 0.25) is 5.91 Å². The number of amides is 2. The molecular formula is C28H25F3N4O2. The minimum Gasteiger partial charge on any atom is -0.329 e. The first-order chi connectivity index (χ1) is 17.8. The number of alkyl halides is 3. The predicted molar refractivity (Wildman–Crippen MR) is 135 cm³/mol. The molecule has 0 unspecified atom stereocenters. The van der Waals surface area contributed by atoms with Gasteiger partial charge in [-0.05, 0) is 36.8 Å². The first kappa shape index (κ1) is 25.7. The molecule has 0 fully saturated rings. The standard InChI is InChI=1S/C28H25F3N4O2/c1-2-16-34(27(37)21-12-9-13-22(17-21)28(29,30)31)19-26(36)32-25-18-24(20-10-5-3-6-11-20)33-35(25)23-14-7-4-8-15-23/h3-15,17-18H,2,16,19H2,1H3,(H,32,36). The number of nitrogens with zero attached hydrogens (tertiary/aromatic N) is 3. The highest BCUT2D eigenvalue weighted by Crippen LogP contribution is 2.30. The van der Waals surface area contributed by atoms with E-state index in [2.05, 4.69) is 10.4 Å². The van der Waals surface area contributed by atoms with Gasteiger partial charge in [-0.2, -0.15) is 18.3 Å². The summed E-state index contributed by atoms with van der Waals surface area (Å²) in [7, 11) is 0. The second kappa shape index (κ2) is 11.1. The van der Waals surface area contributed by atoms with Crippen molar-refractivity contribution in [1.82, 2.24) is 14.7 Å². The van der Waals surface area contributed by atoms with Gasteiger partial charge in [-0.1, -0.05) is 61.5 Å². The number of carbonyl (C=O) groups excluding carboxylic acids is 2. The number of carbonyl (C=O) groups is 2. The fourth-order valence-corrected chi connectivity index (χ4v) is 3.88. The molecule has 4 aromatic rings. The zero-order valence-electron chi connectivity index (χ0n) is 20.1. The fourth-order valence-electron chi connectivity index (χ4n) is 3.88. The molecule has 190 valence electrons. The lowest BCUT2D eigenvalue weighted by Gasteiger charge is -2.22. The molecule has 0 saturated heterocycles. The number of nitrogens with one attached hydrogen (secondary N) is 1. The molecule has 0 spiro atoms. The van der Waals surface area contributed by atoms with Gasteiger partial charge in [-0.25, -0.2) is 4.68 Å². The summed E-state index contributed by atoms with van der Waals surface area (Å²) in [5.74, 6) is -0.742. The average molecular weight is 507 g/mol. The van der Waals surface area contributed by atoms with Crippen LogP contribution in [0, 0.1) is 0 Å². The Bertz CT molecular complexity index is 1370. The second-order valence-electron chi connectivity index (χ2n) is 8.38. The first-order valence-corrected chi connectivity index (χ1v) is 11.7. The van der Waals surface area contributed by atoms with Crippen LogP contribution in [0.25, 0.3) is 16.9 Å². The van der Waals surface area contributed by atoms with Crippen LogP contribution in [0.4, 0.5) is 19.0 Å². The molecule has 0 aliphatic rings. The summed E-state index contributed by atoms with van der Waals surface area (Å²) < 4.78 is 41.0. The molecule has 0 atom stereocenters. The van der Waals surface area contributed by atoms with E-state index < -0.39 is 23.6 Å². The van der Waals surface area contributed by atoms with Crippen LogP contribution in [-0.4, -0.2) is 39.6 Å². The monoisotopic (exact) mass is 506 g/mol. The Kier molecular flexibility index (Phi) is 7.71. The number of rotatable bonds is 8. The number of para-hydroxylation sites is 1. The minimum atomic E-state index is -4.57. The molecule has 0 aliphatic heterocycles. The summed E-state index contributed by atoms with van der Waals surface area (Å²) in [5.41, 5.74) is 1.19. The lowest BCUT2D eigenvalue weighted by Crippen LogP contribution is -2.38. The third kappa shape index (κ3) is 6.24. The molecule has 0 bridgehead atoms. The molecule has 6 nitrogen and oxygen atoms in total. The van der Waals surface area contributed by atoms with Crippen molar-refractivity contribution in [3.05, 3.63) is 102 Å². The fraction of sp³-hybridized carbons (Fsp3) is 0.179. The highest BCUT2D eigenvalue weighted by molar-refractivity contribution is 5.99. The van der Waals surface area contributed by atoms with Crippen molar-refractivity contribution in [2.75, 3.05) is 18.4 Å². The molecule has 3 aromatic carbocycles. The van der Waals surface area contributed by atoms with Gasteiger partial charge in [0.1, 0.15) is 12.4 Å². The van der Waals surface area contributed by atoms with E-state index in [0.717, 1.165) is 23.4 Å². The number of anilines is 1. The van der Waals surface area contributed by atoms with Crippen molar-refractivity contribution in [3.8, 4) is 16.9 Å². The van der Waals surface area contributed by atoms with Crippen LogP contribution in [0.15, 0.2) is 91.0 Å². The Balaban J connectivity index is 1.58. The molecule has 2 amide bonds. The van der Waals surface area contributed by atoms with Gasteiger partial charge in [0.05, 0.1) is 16.9 Å². The Labute approximate surface area is 212 Å². The predicted octanol–water partition coefficient (Wildman–Crippen LogP) is 6.05. The van der Waals surface area contributed by atoms with Crippen LogP contribution >= 0.6 is 0 Å². The lowest BCUT2D eigenvalue weighted by molar-refractivity contribution is -0.137. The van der Waals surface area contributed by atoms with Gasteiger partial charge in [-0.3, -0.25) is 9.59 Å². The van der Waals surface area contributed by atoms with Crippen LogP contribution < -0.4 is 5.32 Å². The summed E-state index contributed by atoms with van der Waals surface area (Å²) in [6.07, 6.45) is -4.05. The minimum absolute atomic E-state index is 0.128. The van der Waals surface area contributed by atoms with E-state index in [0.29, 0.717) is 17.9 Å². The molecule has 0 aliphatic carbocycles. The highest BCUT2D eigenvalue weighted by Gasteiger charge is 2.31. The maximum absolute atomic E-state index is 13.1. The maximum atomic E-state index is 13.1. The Morgan fingerprint density at radius 1 is 0.919 bits per heavy atom. The SMILES string of the molecule is CCCN(CC(=O)Nc1cc(-c2ccccc2)nn1-c1ccccc1)C(=O)c1cccc(C(F)(F)F)c1. The number of aromatic nitrogens is 2. The third-order valence-corrected chi connectivity index (χ3v) is 5.60. The highest BCUT2D eigenvalue weighted by atomic mass is 19.4. The molecule has 1 N–H and O–H groups in total. The van der Waals surface area contributed by atoms with Gasteiger partial charge in [0, 0.05) is 23.7 Å². The topological polar surface area (TPSA) is 67.2 Å². The van der Waals surface area contributed by atoms with E-state index in [1.54, 1.807) is 10.7 Å². The van der Waals surface area contributed by atoms with Gasteiger partial charge in [0.15, 0.2) is 0 Å².